The van der Waals surface area contributed by atoms with E-state index in [9.17, 15) is 4.79 Å². The van der Waals surface area contributed by atoms with E-state index in [1.54, 1.807) is 12.3 Å². The van der Waals surface area contributed by atoms with Crippen LogP contribution in [0, 0.1) is 0 Å². The van der Waals surface area contributed by atoms with Crippen LogP contribution in [0.15, 0.2) is 18.3 Å². The Balaban J connectivity index is 2.41. The van der Waals surface area contributed by atoms with Crippen LogP contribution in [0.3, 0.4) is 0 Å². The minimum Gasteiger partial charge on any atom is -0.404 e. The first-order chi connectivity index (χ1) is 5.36. The number of hydrogen-bond donors (Lipinski definition) is 1. The molecular weight excluding hydrogens is 144 g/mol. The number of aromatic nitrogens is 1. The van der Waals surface area contributed by atoms with Crippen molar-refractivity contribution in [1.29, 1.82) is 0 Å². The van der Waals surface area contributed by atoms with Crippen molar-refractivity contribution in [2.75, 3.05) is 11.9 Å². The van der Waals surface area contributed by atoms with Crippen molar-refractivity contribution in [3.8, 4) is 5.88 Å². The van der Waals surface area contributed by atoms with Gasteiger partial charge in [-0.3, -0.25) is 0 Å². The zero-order valence-corrected chi connectivity index (χ0v) is 5.70. The Morgan fingerprint density at radius 2 is 2.55 bits per heavy atom. The number of esters is 1. The maximum absolute atomic E-state index is 10.7. The Bertz CT molecular complexity index is 298. The van der Waals surface area contributed by atoms with Gasteiger partial charge in [0, 0.05) is 6.20 Å². The van der Waals surface area contributed by atoms with E-state index < -0.39 is 0 Å². The lowest BCUT2D eigenvalue weighted by atomic mass is 10.3. The normalized spacial score (nSPS) is 14.7. The predicted molar refractivity (Wildman–Crippen MR) is 38.4 cm³/mol. The number of pyridine rings is 1. The van der Waals surface area contributed by atoms with E-state index in [2.05, 4.69) is 10.3 Å². The number of nitrogens with one attached hydrogen (secondary N) is 1. The second kappa shape index (κ2) is 2.23. The molecule has 1 aromatic heterocycles. The number of hydrogen-bond acceptors (Lipinski definition) is 4. The van der Waals surface area contributed by atoms with Gasteiger partial charge >= 0.3 is 5.97 Å². The Labute approximate surface area is 63.2 Å². The van der Waals surface area contributed by atoms with Crippen LogP contribution in [-0.4, -0.2) is 17.5 Å². The maximum atomic E-state index is 10.7. The second-order valence-electron chi connectivity index (χ2n) is 2.18. The van der Waals surface area contributed by atoms with Gasteiger partial charge in [-0.1, -0.05) is 0 Å². The first-order valence-electron chi connectivity index (χ1n) is 3.26. The monoisotopic (exact) mass is 150 g/mol. The van der Waals surface area contributed by atoms with E-state index >= 15 is 0 Å². The number of fused-ring (bicyclic) bond motifs is 1. The Hall–Kier alpha value is -1.58. The van der Waals surface area contributed by atoms with E-state index in [1.807, 2.05) is 6.07 Å². The van der Waals surface area contributed by atoms with Gasteiger partial charge in [-0.2, -0.15) is 0 Å². The third kappa shape index (κ3) is 1.02. The first-order valence-corrected chi connectivity index (χ1v) is 3.26. The highest BCUT2D eigenvalue weighted by Gasteiger charge is 2.15. The first kappa shape index (κ1) is 6.15. The molecule has 2 heterocycles. The number of ether oxygens (including phenoxy) is 1. The standard InChI is InChI=1S/C7H6N2O2/c10-6-4-9-5-2-1-3-8-7(5)11-6/h1-3,9H,4H2. The zero-order chi connectivity index (χ0) is 7.68. The maximum Gasteiger partial charge on any atom is 0.332 e. The van der Waals surface area contributed by atoms with Gasteiger partial charge in [0.05, 0.1) is 5.69 Å². The largest absolute Gasteiger partial charge is 0.404 e. The molecule has 0 spiro atoms. The highest BCUT2D eigenvalue weighted by molar-refractivity contribution is 5.82. The molecule has 1 N–H and O–H groups in total. The summed E-state index contributed by atoms with van der Waals surface area (Å²) in [5.41, 5.74) is 0.770. The van der Waals surface area contributed by atoms with Gasteiger partial charge < -0.3 is 10.1 Å². The van der Waals surface area contributed by atoms with Crippen molar-refractivity contribution < 1.29 is 9.53 Å². The van der Waals surface area contributed by atoms with Crippen molar-refractivity contribution in [3.05, 3.63) is 18.3 Å². The molecular formula is C7H6N2O2. The molecule has 56 valence electrons. The molecule has 0 fully saturated rings. The summed E-state index contributed by atoms with van der Waals surface area (Å²) >= 11 is 0. The van der Waals surface area contributed by atoms with Crippen molar-refractivity contribution in [2.24, 2.45) is 0 Å². The van der Waals surface area contributed by atoms with Crippen molar-refractivity contribution in [1.82, 2.24) is 4.98 Å². The summed E-state index contributed by atoms with van der Waals surface area (Å²) in [6, 6.07) is 3.60. The highest BCUT2D eigenvalue weighted by Crippen LogP contribution is 2.22. The highest BCUT2D eigenvalue weighted by atomic mass is 16.5. The summed E-state index contributed by atoms with van der Waals surface area (Å²) in [5.74, 6) is 0.0694. The topological polar surface area (TPSA) is 51.2 Å². The smallest absolute Gasteiger partial charge is 0.332 e. The summed E-state index contributed by atoms with van der Waals surface area (Å²) < 4.78 is 4.82. The second-order valence-corrected chi connectivity index (χ2v) is 2.18. The van der Waals surface area contributed by atoms with Crippen LogP contribution in [0.4, 0.5) is 5.69 Å². The fourth-order valence-electron chi connectivity index (χ4n) is 0.918. The minimum absolute atomic E-state index is 0.221. The molecule has 0 aliphatic carbocycles. The molecule has 0 aromatic carbocycles. The van der Waals surface area contributed by atoms with Crippen LogP contribution in [0.25, 0.3) is 0 Å². The molecule has 0 atom stereocenters. The third-order valence-electron chi connectivity index (χ3n) is 1.40. The molecule has 1 aromatic rings. The summed E-state index contributed by atoms with van der Waals surface area (Å²) in [4.78, 5) is 14.6. The zero-order valence-electron chi connectivity index (χ0n) is 5.70. The number of nitrogens with zero attached hydrogens (tertiary/aromatic N) is 1. The summed E-state index contributed by atoms with van der Waals surface area (Å²) in [7, 11) is 0. The molecule has 4 nitrogen and oxygen atoms in total. The van der Waals surface area contributed by atoms with Gasteiger partial charge in [-0.15, -0.1) is 0 Å². The van der Waals surface area contributed by atoms with Gasteiger partial charge in [0.15, 0.2) is 0 Å². The van der Waals surface area contributed by atoms with Crippen LogP contribution in [0.1, 0.15) is 0 Å². The fraction of sp³-hybridized carbons (Fsp3) is 0.143. The molecule has 2 rings (SSSR count). The molecule has 11 heavy (non-hydrogen) atoms. The van der Waals surface area contributed by atoms with Crippen LogP contribution in [0.5, 0.6) is 5.88 Å². The van der Waals surface area contributed by atoms with E-state index in [4.69, 9.17) is 4.74 Å². The number of carbonyl (C=O) groups is 1. The van der Waals surface area contributed by atoms with Crippen LogP contribution in [0.2, 0.25) is 0 Å². The molecule has 0 saturated heterocycles. The van der Waals surface area contributed by atoms with E-state index in [1.165, 1.54) is 0 Å². The summed E-state index contributed by atoms with van der Waals surface area (Å²) in [6.45, 7) is 0.221. The Morgan fingerprint density at radius 1 is 1.64 bits per heavy atom. The summed E-state index contributed by atoms with van der Waals surface area (Å²) in [5, 5.41) is 2.88. The fourth-order valence-corrected chi connectivity index (χ4v) is 0.918. The lowest BCUT2D eigenvalue weighted by molar-refractivity contribution is -0.133. The molecule has 0 amide bonds. The van der Waals surface area contributed by atoms with Gasteiger partial charge in [-0.25, -0.2) is 9.78 Å². The number of anilines is 1. The number of carbonyl (C=O) groups excluding carboxylic acids is 1. The van der Waals surface area contributed by atoms with Crippen molar-refractivity contribution in [2.45, 2.75) is 0 Å². The SMILES string of the molecule is O=C1CNc2cccnc2O1. The lowest BCUT2D eigenvalue weighted by Crippen LogP contribution is -2.25. The third-order valence-corrected chi connectivity index (χ3v) is 1.40. The average Bonchev–Trinajstić information content (AvgIpc) is 2.04. The van der Waals surface area contributed by atoms with Crippen LogP contribution in [-0.2, 0) is 4.79 Å². The van der Waals surface area contributed by atoms with E-state index in [0.717, 1.165) is 5.69 Å². The minimum atomic E-state index is -0.295. The Kier molecular flexibility index (Phi) is 1.25. The molecule has 0 radical (unpaired) electrons. The van der Waals surface area contributed by atoms with Crippen LogP contribution < -0.4 is 10.1 Å². The summed E-state index contributed by atoms with van der Waals surface area (Å²) in [6.07, 6.45) is 1.58. The van der Waals surface area contributed by atoms with Crippen LogP contribution >= 0.6 is 0 Å². The van der Waals surface area contributed by atoms with Gasteiger partial charge in [0.1, 0.15) is 6.54 Å². The molecule has 1 aliphatic rings. The molecule has 0 bridgehead atoms. The molecule has 4 heteroatoms. The molecule has 0 saturated carbocycles. The Morgan fingerprint density at radius 3 is 3.45 bits per heavy atom. The van der Waals surface area contributed by atoms with Crippen molar-refractivity contribution in [3.63, 3.8) is 0 Å². The van der Waals surface area contributed by atoms with Crippen molar-refractivity contribution >= 4 is 11.7 Å². The molecule has 1 aliphatic heterocycles. The average molecular weight is 150 g/mol. The van der Waals surface area contributed by atoms with E-state index in [0.29, 0.717) is 5.88 Å². The van der Waals surface area contributed by atoms with Gasteiger partial charge in [0.25, 0.3) is 0 Å². The predicted octanol–water partition coefficient (Wildman–Crippen LogP) is 0.412. The van der Waals surface area contributed by atoms with Gasteiger partial charge in [0.2, 0.25) is 5.88 Å². The quantitative estimate of drug-likeness (QED) is 0.544. The lowest BCUT2D eigenvalue weighted by Gasteiger charge is -2.14. The number of rotatable bonds is 0. The van der Waals surface area contributed by atoms with E-state index in [-0.39, 0.29) is 12.5 Å². The van der Waals surface area contributed by atoms with Gasteiger partial charge in [-0.05, 0) is 12.1 Å². The molecule has 0 unspecified atom stereocenters.